The molecule has 0 saturated heterocycles. The number of thioether (sulfide) groups is 1. The third-order valence-electron chi connectivity index (χ3n) is 3.54. The maximum absolute atomic E-state index is 12.0. The Labute approximate surface area is 109 Å². The zero-order chi connectivity index (χ0) is 12.7. The Balaban J connectivity index is 2.25. The minimum absolute atomic E-state index is 0.209. The molecule has 0 aromatic rings. The third-order valence-corrected chi connectivity index (χ3v) is 4.76. The number of carbonyl (C=O) groups is 1. The summed E-state index contributed by atoms with van der Waals surface area (Å²) in [5.74, 6) is 0.792. The van der Waals surface area contributed by atoms with Gasteiger partial charge in [-0.25, -0.2) is 0 Å². The monoisotopic (exact) mass is 259 g/mol. The fourth-order valence-electron chi connectivity index (χ4n) is 2.25. The maximum atomic E-state index is 12.0. The van der Waals surface area contributed by atoms with Crippen molar-refractivity contribution in [1.82, 2.24) is 4.90 Å². The Hall–Kier alpha value is -0.220. The van der Waals surface area contributed by atoms with E-state index < -0.39 is 0 Å². The van der Waals surface area contributed by atoms with E-state index in [0.29, 0.717) is 17.0 Å². The van der Waals surface area contributed by atoms with Crippen molar-refractivity contribution in [3.63, 3.8) is 0 Å². The fraction of sp³-hybridized carbons (Fsp3) is 0.923. The summed E-state index contributed by atoms with van der Waals surface area (Å²) in [6.45, 7) is 2.27. The van der Waals surface area contributed by atoms with E-state index in [1.54, 1.807) is 11.8 Å². The van der Waals surface area contributed by atoms with Crippen LogP contribution in [0, 0.1) is 0 Å². The van der Waals surface area contributed by atoms with Crippen LogP contribution in [-0.2, 0) is 4.79 Å². The molecule has 0 radical (unpaired) electrons. The average molecular weight is 259 g/mol. The molecule has 0 spiro atoms. The highest BCUT2D eigenvalue weighted by atomic mass is 32.2. The van der Waals surface area contributed by atoms with Crippen LogP contribution >= 0.6 is 11.8 Å². The molecule has 1 N–H and O–H groups in total. The van der Waals surface area contributed by atoms with Gasteiger partial charge in [0.15, 0.2) is 0 Å². The Bertz CT molecular complexity index is 229. The highest BCUT2D eigenvalue weighted by Gasteiger charge is 2.22. The van der Waals surface area contributed by atoms with Crippen LogP contribution in [0.4, 0.5) is 0 Å². The average Bonchev–Trinajstić information content (AvgIpc) is 2.36. The number of carbonyl (C=O) groups excluding carboxylic acids is 1. The molecule has 1 rings (SSSR count). The number of hydrogen-bond donors (Lipinski definition) is 1. The molecule has 0 bridgehead atoms. The Morgan fingerprint density at radius 2 is 2.06 bits per heavy atom. The summed E-state index contributed by atoms with van der Waals surface area (Å²) >= 11 is 1.65. The number of nitrogens with zero attached hydrogens (tertiary/aromatic N) is 1. The molecule has 1 aliphatic carbocycles. The lowest BCUT2D eigenvalue weighted by Gasteiger charge is -2.31. The summed E-state index contributed by atoms with van der Waals surface area (Å²) in [6.07, 6.45) is 6.94. The summed E-state index contributed by atoms with van der Waals surface area (Å²) in [4.78, 5) is 13.9. The lowest BCUT2D eigenvalue weighted by Crippen LogP contribution is -2.39. The first kappa shape index (κ1) is 14.8. The first-order valence-corrected chi connectivity index (χ1v) is 7.68. The second kappa shape index (κ2) is 7.98. The highest BCUT2D eigenvalue weighted by molar-refractivity contribution is 8.00. The summed E-state index contributed by atoms with van der Waals surface area (Å²) < 4.78 is 0. The van der Waals surface area contributed by atoms with E-state index in [-0.39, 0.29) is 12.5 Å². The number of aliphatic hydroxyl groups excluding tert-OH is 1. The predicted octanol–water partition coefficient (Wildman–Crippen LogP) is 2.28. The molecule has 1 saturated carbocycles. The van der Waals surface area contributed by atoms with Crippen molar-refractivity contribution in [2.75, 3.05) is 19.4 Å². The molecular weight excluding hydrogens is 234 g/mol. The van der Waals surface area contributed by atoms with Crippen molar-refractivity contribution in [1.29, 1.82) is 0 Å². The van der Waals surface area contributed by atoms with Gasteiger partial charge in [0.2, 0.25) is 5.91 Å². The molecule has 100 valence electrons. The second-order valence-corrected chi connectivity index (χ2v) is 6.36. The molecule has 0 aliphatic heterocycles. The maximum Gasteiger partial charge on any atom is 0.232 e. The highest BCUT2D eigenvalue weighted by Crippen LogP contribution is 2.22. The van der Waals surface area contributed by atoms with E-state index in [1.165, 1.54) is 32.1 Å². The lowest BCUT2D eigenvalue weighted by molar-refractivity contribution is -0.129. The van der Waals surface area contributed by atoms with Crippen LogP contribution in [0.15, 0.2) is 0 Å². The van der Waals surface area contributed by atoms with Crippen molar-refractivity contribution in [2.45, 2.75) is 56.7 Å². The van der Waals surface area contributed by atoms with Crippen LogP contribution in [0.1, 0.15) is 45.4 Å². The molecule has 3 nitrogen and oxygen atoms in total. The van der Waals surface area contributed by atoms with Crippen LogP contribution < -0.4 is 0 Å². The minimum Gasteiger partial charge on any atom is -0.396 e. The van der Waals surface area contributed by atoms with E-state index in [9.17, 15) is 4.79 Å². The predicted molar refractivity (Wildman–Crippen MR) is 73.3 cm³/mol. The summed E-state index contributed by atoms with van der Waals surface area (Å²) in [7, 11) is 1.94. The second-order valence-electron chi connectivity index (χ2n) is 4.93. The van der Waals surface area contributed by atoms with Gasteiger partial charge in [-0.1, -0.05) is 26.2 Å². The zero-order valence-electron chi connectivity index (χ0n) is 11.0. The summed E-state index contributed by atoms with van der Waals surface area (Å²) in [5.41, 5.74) is 0. The van der Waals surface area contributed by atoms with Gasteiger partial charge in [-0.2, -0.15) is 0 Å². The van der Waals surface area contributed by atoms with Crippen molar-refractivity contribution in [3.05, 3.63) is 0 Å². The van der Waals surface area contributed by atoms with Gasteiger partial charge in [-0.3, -0.25) is 4.79 Å². The fourth-order valence-corrected chi connectivity index (χ4v) is 3.16. The summed E-state index contributed by atoms with van der Waals surface area (Å²) in [5, 5.41) is 9.17. The first-order valence-electron chi connectivity index (χ1n) is 6.63. The molecule has 0 aromatic carbocycles. The molecule has 17 heavy (non-hydrogen) atoms. The number of rotatable bonds is 6. The Morgan fingerprint density at radius 1 is 1.41 bits per heavy atom. The SMILES string of the molecule is CC(CCO)SCC(=O)N(C)C1CCCCC1. The molecule has 0 heterocycles. The third kappa shape index (κ3) is 5.30. The van der Waals surface area contributed by atoms with Crippen molar-refractivity contribution >= 4 is 17.7 Å². The van der Waals surface area contributed by atoms with Crippen molar-refractivity contribution in [3.8, 4) is 0 Å². The van der Waals surface area contributed by atoms with Gasteiger partial charge in [-0.05, 0) is 19.3 Å². The van der Waals surface area contributed by atoms with E-state index >= 15 is 0 Å². The van der Waals surface area contributed by atoms with Gasteiger partial charge in [0.05, 0.1) is 5.75 Å². The van der Waals surface area contributed by atoms with Crippen LogP contribution in [-0.4, -0.2) is 46.6 Å². The molecule has 0 aromatic heterocycles. The van der Waals surface area contributed by atoms with Gasteiger partial charge in [-0.15, -0.1) is 11.8 Å². The number of hydrogen-bond acceptors (Lipinski definition) is 3. The molecule has 4 heteroatoms. The van der Waals surface area contributed by atoms with Crippen LogP contribution in [0.2, 0.25) is 0 Å². The molecule has 1 aliphatic rings. The molecular formula is C13H25NO2S. The van der Waals surface area contributed by atoms with Crippen molar-refractivity contribution in [2.24, 2.45) is 0 Å². The molecule has 1 amide bonds. The number of amides is 1. The first-order chi connectivity index (χ1) is 8.15. The van der Waals surface area contributed by atoms with Gasteiger partial charge in [0, 0.05) is 24.9 Å². The van der Waals surface area contributed by atoms with Gasteiger partial charge in [0.25, 0.3) is 0 Å². The molecule has 1 unspecified atom stereocenters. The van der Waals surface area contributed by atoms with Gasteiger partial charge < -0.3 is 10.0 Å². The topological polar surface area (TPSA) is 40.5 Å². The van der Waals surface area contributed by atoms with E-state index in [1.807, 2.05) is 11.9 Å². The zero-order valence-corrected chi connectivity index (χ0v) is 11.8. The normalized spacial score (nSPS) is 19.0. The smallest absolute Gasteiger partial charge is 0.232 e. The lowest BCUT2D eigenvalue weighted by atomic mass is 9.94. The Morgan fingerprint density at radius 3 is 2.65 bits per heavy atom. The standard InChI is InChI=1S/C13H25NO2S/c1-11(8-9-15)17-10-13(16)14(2)12-6-4-3-5-7-12/h11-12,15H,3-10H2,1-2H3. The van der Waals surface area contributed by atoms with Crippen molar-refractivity contribution < 1.29 is 9.90 Å². The number of aliphatic hydroxyl groups is 1. The summed E-state index contributed by atoms with van der Waals surface area (Å²) in [6, 6.07) is 0.463. The van der Waals surface area contributed by atoms with E-state index in [0.717, 1.165) is 6.42 Å². The quantitative estimate of drug-likeness (QED) is 0.795. The van der Waals surface area contributed by atoms with Gasteiger partial charge in [0.1, 0.15) is 0 Å². The van der Waals surface area contributed by atoms with Crippen LogP contribution in [0.5, 0.6) is 0 Å². The largest absolute Gasteiger partial charge is 0.396 e. The van der Waals surface area contributed by atoms with Gasteiger partial charge >= 0.3 is 0 Å². The van der Waals surface area contributed by atoms with E-state index in [4.69, 9.17) is 5.11 Å². The van der Waals surface area contributed by atoms with E-state index in [2.05, 4.69) is 6.92 Å². The molecule has 1 fully saturated rings. The molecule has 1 atom stereocenters. The van der Waals surface area contributed by atoms with Crippen LogP contribution in [0.3, 0.4) is 0 Å². The Kier molecular flexibility index (Phi) is 6.97. The van der Waals surface area contributed by atoms with Crippen LogP contribution in [0.25, 0.3) is 0 Å². The minimum atomic E-state index is 0.209.